The number of hydrogen-bond acceptors (Lipinski definition) is 6. The topological polar surface area (TPSA) is 100 Å². The number of amides is 3. The van der Waals surface area contributed by atoms with Gasteiger partial charge in [-0.05, 0) is 43.5 Å². The van der Waals surface area contributed by atoms with Gasteiger partial charge in [-0.1, -0.05) is 47.3 Å². The van der Waals surface area contributed by atoms with E-state index in [9.17, 15) is 14.4 Å². The van der Waals surface area contributed by atoms with E-state index >= 15 is 0 Å². The smallest absolute Gasteiger partial charge is 0.246 e. The minimum absolute atomic E-state index is 0.117. The summed E-state index contributed by atoms with van der Waals surface area (Å²) in [4.78, 5) is 45.6. The van der Waals surface area contributed by atoms with Crippen molar-refractivity contribution in [2.75, 3.05) is 44.7 Å². The number of nitrogens with one attached hydrogen (secondary N) is 2. The molecule has 3 saturated heterocycles. The zero-order valence-corrected chi connectivity index (χ0v) is 23.7. The summed E-state index contributed by atoms with van der Waals surface area (Å²) < 4.78 is 12.8. The molecule has 2 N–H and O–H groups in total. The first kappa shape index (κ1) is 26.9. The Bertz CT molecular complexity index is 1120. The van der Waals surface area contributed by atoms with E-state index in [0.717, 1.165) is 69.4 Å². The van der Waals surface area contributed by atoms with E-state index in [1.54, 1.807) is 4.90 Å². The molecule has 5 atom stereocenters. The van der Waals surface area contributed by atoms with Crippen molar-refractivity contribution in [2.24, 2.45) is 11.8 Å². The molecule has 2 bridgehead atoms. The van der Waals surface area contributed by atoms with Gasteiger partial charge in [-0.3, -0.25) is 19.3 Å². The number of fused-ring (bicyclic) bond motifs is 1. The van der Waals surface area contributed by atoms with Gasteiger partial charge in [-0.25, -0.2) is 0 Å². The predicted octanol–water partition coefficient (Wildman–Crippen LogP) is 2.71. The molecule has 10 heteroatoms. The molecular weight excluding hydrogens is 564 g/mol. The first-order valence-electron chi connectivity index (χ1n) is 14.3. The van der Waals surface area contributed by atoms with Gasteiger partial charge in [0.2, 0.25) is 17.7 Å². The van der Waals surface area contributed by atoms with Crippen LogP contribution in [0.1, 0.15) is 38.5 Å². The normalized spacial score (nSPS) is 32.4. The van der Waals surface area contributed by atoms with Crippen molar-refractivity contribution in [3.8, 4) is 0 Å². The van der Waals surface area contributed by atoms with Crippen molar-refractivity contribution in [2.45, 2.75) is 62.3 Å². The molecule has 4 heterocycles. The predicted molar refractivity (Wildman–Crippen MR) is 149 cm³/mol. The van der Waals surface area contributed by atoms with Crippen molar-refractivity contribution >= 4 is 39.3 Å². The van der Waals surface area contributed by atoms with Gasteiger partial charge in [-0.2, -0.15) is 0 Å². The van der Waals surface area contributed by atoms with Crippen molar-refractivity contribution in [1.29, 1.82) is 0 Å². The lowest BCUT2D eigenvalue weighted by molar-refractivity contribution is -0.141. The molecule has 4 aliphatic heterocycles. The molecule has 0 unspecified atom stereocenters. The second-order valence-electron chi connectivity index (χ2n) is 11.4. The summed E-state index contributed by atoms with van der Waals surface area (Å²) in [7, 11) is 0. The average Bonchev–Trinajstić information content (AvgIpc) is 3.58. The molecule has 1 aromatic rings. The van der Waals surface area contributed by atoms with Crippen LogP contribution in [0.25, 0.3) is 0 Å². The molecule has 9 nitrogen and oxygen atoms in total. The molecule has 1 aromatic carbocycles. The Labute approximate surface area is 237 Å². The number of halogens is 1. The largest absolute Gasteiger partial charge is 0.379 e. The van der Waals surface area contributed by atoms with Gasteiger partial charge in [0.05, 0.1) is 31.2 Å². The van der Waals surface area contributed by atoms with Gasteiger partial charge >= 0.3 is 0 Å². The fraction of sp³-hybridized carbons (Fsp3) is 0.621. The minimum Gasteiger partial charge on any atom is -0.379 e. The highest BCUT2D eigenvalue weighted by Crippen LogP contribution is 2.55. The van der Waals surface area contributed by atoms with Gasteiger partial charge in [0.25, 0.3) is 0 Å². The maximum Gasteiger partial charge on any atom is 0.246 e. The molecule has 1 saturated carbocycles. The summed E-state index contributed by atoms with van der Waals surface area (Å²) >= 11 is 3.42. The number of anilines is 1. The van der Waals surface area contributed by atoms with Gasteiger partial charge in [0.1, 0.15) is 11.6 Å². The molecule has 5 aliphatic rings. The lowest BCUT2D eigenvalue weighted by Crippen LogP contribution is -2.56. The van der Waals surface area contributed by atoms with Gasteiger partial charge in [-0.15, -0.1) is 0 Å². The Kier molecular flexibility index (Phi) is 7.81. The third-order valence-corrected chi connectivity index (χ3v) is 9.49. The van der Waals surface area contributed by atoms with Crippen LogP contribution in [0.5, 0.6) is 0 Å². The summed E-state index contributed by atoms with van der Waals surface area (Å²) in [5.41, 5.74) is -0.468. The highest BCUT2D eigenvalue weighted by molar-refractivity contribution is 9.10. The van der Waals surface area contributed by atoms with Crippen molar-refractivity contribution in [3.05, 3.63) is 40.9 Å². The van der Waals surface area contributed by atoms with Crippen LogP contribution in [0.2, 0.25) is 0 Å². The Morgan fingerprint density at radius 1 is 1.03 bits per heavy atom. The molecule has 6 rings (SSSR count). The number of likely N-dealkylation sites (tertiary alicyclic amines) is 1. The lowest BCUT2D eigenvalue weighted by Gasteiger charge is -2.34. The van der Waals surface area contributed by atoms with Crippen LogP contribution >= 0.6 is 15.9 Å². The number of carbonyl (C=O) groups excluding carboxylic acids is 3. The van der Waals surface area contributed by atoms with Gasteiger partial charge in [0.15, 0.2) is 0 Å². The monoisotopic (exact) mass is 600 g/mol. The van der Waals surface area contributed by atoms with Crippen LogP contribution in [0, 0.1) is 11.8 Å². The summed E-state index contributed by atoms with van der Waals surface area (Å²) in [6, 6.07) is 6.68. The summed E-state index contributed by atoms with van der Waals surface area (Å²) in [5, 5.41) is 6.23. The van der Waals surface area contributed by atoms with Crippen LogP contribution in [-0.4, -0.2) is 90.7 Å². The first-order chi connectivity index (χ1) is 19.0. The Hall–Kier alpha value is -2.27. The Morgan fingerprint density at radius 2 is 1.77 bits per heavy atom. The quantitative estimate of drug-likeness (QED) is 0.445. The molecule has 210 valence electrons. The summed E-state index contributed by atoms with van der Waals surface area (Å²) in [6.07, 6.45) is 9.26. The van der Waals surface area contributed by atoms with E-state index in [0.29, 0.717) is 12.2 Å². The molecular formula is C29H37BrN4O5. The number of benzene rings is 1. The maximum absolute atomic E-state index is 14.1. The van der Waals surface area contributed by atoms with E-state index in [4.69, 9.17) is 9.47 Å². The van der Waals surface area contributed by atoms with Crippen LogP contribution in [-0.2, 0) is 23.9 Å². The fourth-order valence-corrected chi connectivity index (χ4v) is 7.35. The molecule has 1 spiro atoms. The molecule has 1 aliphatic carbocycles. The van der Waals surface area contributed by atoms with E-state index in [-0.39, 0.29) is 23.8 Å². The Balaban J connectivity index is 1.23. The first-order valence-corrected chi connectivity index (χ1v) is 15.1. The van der Waals surface area contributed by atoms with E-state index in [1.165, 1.54) is 6.42 Å². The Morgan fingerprint density at radius 3 is 2.51 bits per heavy atom. The number of carbonyl (C=O) groups is 3. The SMILES string of the molecule is O=C(Nc1ccc(Br)cc1)[C@H]1[C@@H]2C=C[C@]3(O2)[C@@H]1C(=O)N(CCCN1CCOCC1)[C@@H]3C(=O)NC1CCCCC1. The van der Waals surface area contributed by atoms with Crippen LogP contribution in [0.15, 0.2) is 40.9 Å². The fourth-order valence-electron chi connectivity index (χ4n) is 7.08. The summed E-state index contributed by atoms with van der Waals surface area (Å²) in [6.45, 7) is 4.45. The average molecular weight is 602 g/mol. The molecule has 0 radical (unpaired) electrons. The summed E-state index contributed by atoms with van der Waals surface area (Å²) in [5.74, 6) is -2.01. The van der Waals surface area contributed by atoms with Crippen LogP contribution in [0.3, 0.4) is 0 Å². The number of rotatable bonds is 8. The molecule has 0 aromatic heterocycles. The number of hydrogen-bond donors (Lipinski definition) is 2. The number of ether oxygens (including phenoxy) is 2. The van der Waals surface area contributed by atoms with Crippen molar-refractivity contribution in [1.82, 2.24) is 15.1 Å². The van der Waals surface area contributed by atoms with Gasteiger partial charge in [0, 0.05) is 42.4 Å². The van der Waals surface area contributed by atoms with Crippen LogP contribution < -0.4 is 10.6 Å². The molecule has 4 fully saturated rings. The zero-order valence-electron chi connectivity index (χ0n) is 22.1. The van der Waals surface area contributed by atoms with Gasteiger partial charge < -0.3 is 25.0 Å². The maximum atomic E-state index is 14.1. The highest BCUT2D eigenvalue weighted by Gasteiger charge is 2.72. The second-order valence-corrected chi connectivity index (χ2v) is 12.3. The van der Waals surface area contributed by atoms with Crippen molar-refractivity contribution in [3.63, 3.8) is 0 Å². The number of morpholine rings is 1. The highest BCUT2D eigenvalue weighted by atomic mass is 79.9. The van der Waals surface area contributed by atoms with E-state index in [1.807, 2.05) is 36.4 Å². The third kappa shape index (κ3) is 5.16. The second kappa shape index (κ2) is 11.3. The number of nitrogens with zero attached hydrogens (tertiary/aromatic N) is 2. The molecule has 39 heavy (non-hydrogen) atoms. The standard InChI is InChI=1S/C29H37BrN4O5/c30-19-7-9-21(10-8-19)31-26(35)23-22-11-12-29(39-22)24(23)28(37)34(14-4-13-33-15-17-38-18-16-33)25(29)27(36)32-20-5-2-1-3-6-20/h7-12,20,22-25H,1-6,13-18H2,(H,31,35)(H,32,36)/t22-,23-,24-,25+,29-/m0/s1. The van der Waals surface area contributed by atoms with Crippen molar-refractivity contribution < 1.29 is 23.9 Å². The minimum atomic E-state index is -1.12. The van der Waals surface area contributed by atoms with E-state index in [2.05, 4.69) is 31.5 Å². The van der Waals surface area contributed by atoms with Crippen LogP contribution in [0.4, 0.5) is 5.69 Å². The zero-order chi connectivity index (χ0) is 27.0. The third-order valence-electron chi connectivity index (χ3n) is 8.97. The lowest BCUT2D eigenvalue weighted by atomic mass is 9.74. The molecule has 3 amide bonds. The van der Waals surface area contributed by atoms with E-state index < -0.39 is 29.6 Å².